The summed E-state index contributed by atoms with van der Waals surface area (Å²) in [5.74, 6) is -0.188. The lowest BCUT2D eigenvalue weighted by Gasteiger charge is -2.09. The molecular formula is C17H16F2N4O. The summed E-state index contributed by atoms with van der Waals surface area (Å²) in [6.07, 6.45) is 3.19. The first-order valence-electron chi connectivity index (χ1n) is 7.41. The summed E-state index contributed by atoms with van der Waals surface area (Å²) in [6, 6.07) is 9.02. The standard InChI is InChI=1S/C17H16F2N4O/c1-11(2)24-17-5-3-4-15(22-17)21-16-9-23(10-20-16)12-6-7-13(18)14(19)8-12/h3-11H,1-2H3,(H,21,22). The Morgan fingerprint density at radius 3 is 2.67 bits per heavy atom. The zero-order valence-electron chi connectivity index (χ0n) is 13.2. The molecular weight excluding hydrogens is 314 g/mol. The van der Waals surface area contributed by atoms with E-state index in [4.69, 9.17) is 4.74 Å². The molecule has 0 saturated heterocycles. The first-order chi connectivity index (χ1) is 11.5. The second-order valence-electron chi connectivity index (χ2n) is 5.42. The number of hydrogen-bond acceptors (Lipinski definition) is 4. The maximum atomic E-state index is 13.3. The molecule has 5 nitrogen and oxygen atoms in total. The number of rotatable bonds is 5. The number of nitrogens with zero attached hydrogens (tertiary/aromatic N) is 3. The smallest absolute Gasteiger partial charge is 0.215 e. The predicted octanol–water partition coefficient (Wildman–Crippen LogP) is 4.08. The molecule has 24 heavy (non-hydrogen) atoms. The zero-order chi connectivity index (χ0) is 17.1. The van der Waals surface area contributed by atoms with Crippen molar-refractivity contribution in [3.8, 4) is 11.6 Å². The van der Waals surface area contributed by atoms with Crippen LogP contribution in [0.3, 0.4) is 0 Å². The molecule has 1 N–H and O–H groups in total. The third-order valence-electron chi connectivity index (χ3n) is 3.12. The van der Waals surface area contributed by atoms with Crippen molar-refractivity contribution >= 4 is 11.6 Å². The van der Waals surface area contributed by atoms with Crippen LogP contribution in [0.4, 0.5) is 20.4 Å². The van der Waals surface area contributed by atoms with Crippen molar-refractivity contribution in [2.24, 2.45) is 0 Å². The SMILES string of the molecule is CC(C)Oc1cccc(Nc2cn(-c3ccc(F)c(F)c3)cn2)n1. The number of pyridine rings is 1. The molecule has 0 aliphatic heterocycles. The van der Waals surface area contributed by atoms with Crippen LogP contribution in [0.25, 0.3) is 5.69 Å². The van der Waals surface area contributed by atoms with Crippen LogP contribution in [0.1, 0.15) is 13.8 Å². The van der Waals surface area contributed by atoms with E-state index in [0.29, 0.717) is 23.2 Å². The monoisotopic (exact) mass is 330 g/mol. The van der Waals surface area contributed by atoms with Crippen LogP contribution in [-0.4, -0.2) is 20.6 Å². The zero-order valence-corrected chi connectivity index (χ0v) is 13.2. The lowest BCUT2D eigenvalue weighted by atomic mass is 10.3. The van der Waals surface area contributed by atoms with Gasteiger partial charge in [-0.2, -0.15) is 4.98 Å². The van der Waals surface area contributed by atoms with E-state index < -0.39 is 11.6 Å². The van der Waals surface area contributed by atoms with Crippen LogP contribution < -0.4 is 10.1 Å². The van der Waals surface area contributed by atoms with Crippen LogP contribution in [0, 0.1) is 11.6 Å². The molecule has 1 aromatic carbocycles. The summed E-state index contributed by atoms with van der Waals surface area (Å²) < 4.78 is 33.4. The van der Waals surface area contributed by atoms with Gasteiger partial charge in [0, 0.05) is 17.8 Å². The van der Waals surface area contributed by atoms with Gasteiger partial charge in [-0.1, -0.05) is 6.07 Å². The minimum atomic E-state index is -0.907. The Morgan fingerprint density at radius 1 is 1.08 bits per heavy atom. The molecule has 0 unspecified atom stereocenters. The molecule has 124 valence electrons. The number of aromatic nitrogens is 3. The van der Waals surface area contributed by atoms with Crippen molar-refractivity contribution in [2.75, 3.05) is 5.32 Å². The molecule has 0 saturated carbocycles. The summed E-state index contributed by atoms with van der Waals surface area (Å²) in [5, 5.41) is 3.04. The third kappa shape index (κ3) is 3.68. The highest BCUT2D eigenvalue weighted by molar-refractivity contribution is 5.52. The quantitative estimate of drug-likeness (QED) is 0.766. The van der Waals surface area contributed by atoms with Crippen LogP contribution in [0.5, 0.6) is 5.88 Å². The van der Waals surface area contributed by atoms with Crippen molar-refractivity contribution in [3.05, 3.63) is 60.6 Å². The van der Waals surface area contributed by atoms with E-state index in [2.05, 4.69) is 15.3 Å². The predicted molar refractivity (Wildman–Crippen MR) is 86.8 cm³/mol. The van der Waals surface area contributed by atoms with Gasteiger partial charge in [-0.25, -0.2) is 13.8 Å². The van der Waals surface area contributed by atoms with E-state index >= 15 is 0 Å². The molecule has 0 atom stereocenters. The maximum Gasteiger partial charge on any atom is 0.215 e. The number of imidazole rings is 1. The number of anilines is 2. The number of nitrogens with one attached hydrogen (secondary N) is 1. The number of benzene rings is 1. The minimum absolute atomic E-state index is 0.0281. The molecule has 3 aromatic rings. The lowest BCUT2D eigenvalue weighted by Crippen LogP contribution is -2.07. The fourth-order valence-electron chi connectivity index (χ4n) is 2.10. The average Bonchev–Trinajstić information content (AvgIpc) is 2.98. The first kappa shape index (κ1) is 15.9. The molecule has 0 spiro atoms. The van der Waals surface area contributed by atoms with Crippen molar-refractivity contribution < 1.29 is 13.5 Å². The van der Waals surface area contributed by atoms with Gasteiger partial charge >= 0.3 is 0 Å². The summed E-state index contributed by atoms with van der Waals surface area (Å²) in [4.78, 5) is 8.51. The third-order valence-corrected chi connectivity index (χ3v) is 3.12. The van der Waals surface area contributed by atoms with Crippen molar-refractivity contribution in [1.29, 1.82) is 0 Å². The molecule has 0 fully saturated rings. The highest BCUT2D eigenvalue weighted by Gasteiger charge is 2.07. The molecule has 2 heterocycles. The highest BCUT2D eigenvalue weighted by atomic mass is 19.2. The average molecular weight is 330 g/mol. The molecule has 0 radical (unpaired) electrons. The summed E-state index contributed by atoms with van der Waals surface area (Å²) in [6.45, 7) is 3.84. The topological polar surface area (TPSA) is 52.0 Å². The van der Waals surface area contributed by atoms with Crippen LogP contribution in [0.2, 0.25) is 0 Å². The van der Waals surface area contributed by atoms with Gasteiger partial charge in [0.05, 0.1) is 12.3 Å². The van der Waals surface area contributed by atoms with Crippen molar-refractivity contribution in [3.63, 3.8) is 0 Å². The molecule has 7 heteroatoms. The molecule has 0 aliphatic rings. The molecule has 2 aromatic heterocycles. The van der Waals surface area contributed by atoms with E-state index in [1.54, 1.807) is 22.9 Å². The highest BCUT2D eigenvalue weighted by Crippen LogP contribution is 2.19. The number of hydrogen-bond donors (Lipinski definition) is 1. The van der Waals surface area contributed by atoms with Gasteiger partial charge in [-0.3, -0.25) is 0 Å². The maximum absolute atomic E-state index is 13.3. The first-order valence-corrected chi connectivity index (χ1v) is 7.41. The van der Waals surface area contributed by atoms with E-state index in [1.165, 1.54) is 12.4 Å². The van der Waals surface area contributed by atoms with Gasteiger partial charge in [0.25, 0.3) is 0 Å². The molecule has 3 rings (SSSR count). The Kier molecular flexibility index (Phi) is 4.41. The van der Waals surface area contributed by atoms with Crippen molar-refractivity contribution in [1.82, 2.24) is 14.5 Å². The summed E-state index contributed by atoms with van der Waals surface area (Å²) >= 11 is 0. The van der Waals surface area contributed by atoms with Gasteiger partial charge < -0.3 is 14.6 Å². The fourth-order valence-corrected chi connectivity index (χ4v) is 2.10. The largest absolute Gasteiger partial charge is 0.475 e. The van der Waals surface area contributed by atoms with Gasteiger partial charge in [0.15, 0.2) is 11.6 Å². The van der Waals surface area contributed by atoms with Gasteiger partial charge in [-0.15, -0.1) is 0 Å². The molecule has 0 bridgehead atoms. The second kappa shape index (κ2) is 6.66. The minimum Gasteiger partial charge on any atom is -0.475 e. The Bertz CT molecular complexity index is 848. The van der Waals surface area contributed by atoms with E-state index in [1.807, 2.05) is 19.9 Å². The van der Waals surface area contributed by atoms with Crippen LogP contribution in [-0.2, 0) is 0 Å². The summed E-state index contributed by atoms with van der Waals surface area (Å²) in [5.41, 5.74) is 0.472. The lowest BCUT2D eigenvalue weighted by molar-refractivity contribution is 0.233. The van der Waals surface area contributed by atoms with Crippen LogP contribution in [0.15, 0.2) is 48.9 Å². The van der Waals surface area contributed by atoms with E-state index in [0.717, 1.165) is 12.1 Å². The Balaban J connectivity index is 1.77. The van der Waals surface area contributed by atoms with Gasteiger partial charge in [-0.05, 0) is 32.0 Å². The van der Waals surface area contributed by atoms with E-state index in [9.17, 15) is 8.78 Å². The Hall–Kier alpha value is -2.96. The number of ether oxygens (including phenoxy) is 1. The summed E-state index contributed by atoms with van der Waals surface area (Å²) in [7, 11) is 0. The normalized spacial score (nSPS) is 10.9. The molecule has 0 amide bonds. The Morgan fingerprint density at radius 2 is 1.92 bits per heavy atom. The van der Waals surface area contributed by atoms with Gasteiger partial charge in [0.1, 0.15) is 18.0 Å². The van der Waals surface area contributed by atoms with Gasteiger partial charge in [0.2, 0.25) is 5.88 Å². The number of halogens is 2. The van der Waals surface area contributed by atoms with Crippen molar-refractivity contribution in [2.45, 2.75) is 20.0 Å². The fraction of sp³-hybridized carbons (Fsp3) is 0.176. The molecule has 0 aliphatic carbocycles. The second-order valence-corrected chi connectivity index (χ2v) is 5.42. The van der Waals surface area contributed by atoms with E-state index in [-0.39, 0.29) is 6.10 Å². The Labute approximate surface area is 137 Å². The van der Waals surface area contributed by atoms with Crippen LogP contribution >= 0.6 is 0 Å².